The average molecular weight is 1790 g/mol. The van der Waals surface area contributed by atoms with Crippen molar-refractivity contribution >= 4 is 62.3 Å². The second-order valence-corrected chi connectivity index (χ2v) is 34.8. The predicted molar refractivity (Wildman–Crippen MR) is 427 cm³/mol. The highest BCUT2D eigenvalue weighted by atomic mass is 31.2. The topological polar surface area (TPSA) is 590 Å². The number of aliphatic hydroxyl groups excluding tert-OH is 11. The number of likely N-dealkylation sites (tertiary alicyclic amines) is 1. The van der Waals surface area contributed by atoms with Crippen molar-refractivity contribution in [3.05, 3.63) is 0 Å². The maximum atomic E-state index is 14.4. The fourth-order valence-electron chi connectivity index (χ4n) is 14.5. The van der Waals surface area contributed by atoms with Crippen LogP contribution < -0.4 is 10.6 Å². The van der Waals surface area contributed by atoms with E-state index in [2.05, 4.69) is 15.2 Å². The van der Waals surface area contributed by atoms with Crippen molar-refractivity contribution in [2.45, 2.75) is 317 Å². The number of phosphoric ester groups is 2. The zero-order chi connectivity index (χ0) is 89.7. The highest BCUT2D eigenvalue weighted by Crippen LogP contribution is 2.50. The van der Waals surface area contributed by atoms with E-state index in [4.69, 9.17) is 66.0 Å². The lowest BCUT2D eigenvalue weighted by Gasteiger charge is -2.40. The summed E-state index contributed by atoms with van der Waals surface area (Å²) in [6, 6.07) is -1.02. The zero-order valence-electron chi connectivity index (χ0n) is 71.1. The molecule has 0 aromatic heterocycles. The zero-order valence-corrected chi connectivity index (χ0v) is 72.9. The number of ether oxygens (including phenoxy) is 10. The molecule has 8 unspecified atom stereocenters. The first-order valence-electron chi connectivity index (χ1n) is 42.5. The number of aliphatic hydroxyl groups is 11. The third-order valence-corrected chi connectivity index (χ3v) is 23.9. The fourth-order valence-corrected chi connectivity index (χ4v) is 16.1. The molecule has 3 amide bonds. The van der Waals surface area contributed by atoms with E-state index < -0.39 is 227 Å². The first kappa shape index (κ1) is 109. The molecule has 0 spiro atoms. The number of nitrogens with one attached hydrogen (secondary N) is 2. The molecule has 15 N–H and O–H groups in total. The van der Waals surface area contributed by atoms with Crippen LogP contribution in [0.1, 0.15) is 207 Å². The number of carbonyl (C=O) groups excluding carboxylic acids is 8. The van der Waals surface area contributed by atoms with Gasteiger partial charge in [0, 0.05) is 142 Å². The Morgan fingerprint density at radius 3 is 1.21 bits per heavy atom. The van der Waals surface area contributed by atoms with E-state index in [0.717, 1.165) is 19.1 Å². The molecular weight excluding hydrogens is 1640 g/mol. The number of nitrogens with zero attached hydrogens (tertiary/aromatic N) is 1. The van der Waals surface area contributed by atoms with Crippen molar-refractivity contribution in [2.24, 2.45) is 17.8 Å². The second-order valence-electron chi connectivity index (χ2n) is 31.8. The van der Waals surface area contributed by atoms with Gasteiger partial charge in [0.2, 0.25) is 17.7 Å². The summed E-state index contributed by atoms with van der Waals surface area (Å²) in [5.41, 5.74) is -1.70. The fraction of sp³-hybridized carbons (Fsp3) is 0.899. The maximum Gasteiger partial charge on any atom is 0.472 e. The predicted octanol–water partition coefficient (Wildman–Crippen LogP) is 1.28. The van der Waals surface area contributed by atoms with Crippen LogP contribution in [0.15, 0.2) is 0 Å². The highest BCUT2D eigenvalue weighted by Gasteiger charge is 2.48. The van der Waals surface area contributed by atoms with Crippen molar-refractivity contribution in [1.29, 1.82) is 0 Å². The Morgan fingerprint density at radius 1 is 0.438 bits per heavy atom. The molecule has 5 fully saturated rings. The Kier molecular flexibility index (Phi) is 53.6. The molecule has 5 aliphatic heterocycles. The number of ketones is 5. The van der Waals surface area contributed by atoms with Crippen molar-refractivity contribution in [3.63, 3.8) is 0 Å². The number of hydrogen-bond acceptors (Lipinski definition) is 35. The van der Waals surface area contributed by atoms with Crippen LogP contribution in [-0.2, 0) is 113 Å². The van der Waals surface area contributed by atoms with Crippen molar-refractivity contribution < 1.29 is 179 Å². The summed E-state index contributed by atoms with van der Waals surface area (Å²) < 4.78 is 104. The van der Waals surface area contributed by atoms with Crippen LogP contribution in [0.4, 0.5) is 0 Å². The van der Waals surface area contributed by atoms with Crippen molar-refractivity contribution in [2.75, 3.05) is 120 Å². The van der Waals surface area contributed by atoms with Gasteiger partial charge in [0.1, 0.15) is 89.7 Å². The lowest BCUT2D eigenvalue weighted by molar-refractivity contribution is -0.282. The number of phosphoric acid groups is 2. The van der Waals surface area contributed by atoms with Crippen LogP contribution in [0.25, 0.3) is 0 Å². The number of hydrogen-bond donors (Lipinski definition) is 15. The minimum Gasteiger partial charge on any atom is -0.400 e. The highest BCUT2D eigenvalue weighted by molar-refractivity contribution is 7.47. The Morgan fingerprint density at radius 2 is 0.818 bits per heavy atom. The summed E-state index contributed by atoms with van der Waals surface area (Å²) in [4.78, 5) is 128. The van der Waals surface area contributed by atoms with Gasteiger partial charge in [0.05, 0.1) is 109 Å². The molecule has 5 rings (SSSR count). The Bertz CT molecular complexity index is 2880. The molecule has 121 heavy (non-hydrogen) atoms. The Labute approximate surface area is 708 Å². The molecule has 5 aliphatic rings. The molecule has 5 heterocycles. The third-order valence-electron chi connectivity index (χ3n) is 21.8. The van der Waals surface area contributed by atoms with Crippen LogP contribution in [0.2, 0.25) is 0 Å². The van der Waals surface area contributed by atoms with Crippen molar-refractivity contribution in [3.8, 4) is 0 Å². The van der Waals surface area contributed by atoms with Crippen LogP contribution in [0.5, 0.6) is 0 Å². The summed E-state index contributed by atoms with van der Waals surface area (Å²) in [6.45, 7) is 2.51. The van der Waals surface area contributed by atoms with Gasteiger partial charge in [-0.25, -0.2) is 9.13 Å². The molecule has 0 aromatic rings. The summed E-state index contributed by atoms with van der Waals surface area (Å²) in [7, 11) is -7.53. The molecule has 42 heteroatoms. The Hall–Kier alpha value is -3.86. The van der Waals surface area contributed by atoms with Gasteiger partial charge in [-0.2, -0.15) is 0 Å². The van der Waals surface area contributed by atoms with E-state index in [1.807, 2.05) is 0 Å². The largest absolute Gasteiger partial charge is 0.472 e. The first-order chi connectivity index (χ1) is 57.7. The minimum absolute atomic E-state index is 0.0104. The van der Waals surface area contributed by atoms with Gasteiger partial charge in [-0.1, -0.05) is 33.6 Å². The van der Waals surface area contributed by atoms with Gasteiger partial charge in [-0.3, -0.25) is 56.5 Å². The molecule has 40 nitrogen and oxygen atoms in total. The lowest BCUT2D eigenvalue weighted by atomic mass is 9.92. The van der Waals surface area contributed by atoms with Gasteiger partial charge in [0.15, 0.2) is 18.9 Å². The van der Waals surface area contributed by atoms with E-state index >= 15 is 0 Å². The van der Waals surface area contributed by atoms with Gasteiger partial charge in [0.25, 0.3) is 0 Å². The van der Waals surface area contributed by atoms with Gasteiger partial charge >= 0.3 is 15.6 Å². The number of unbranched alkanes of at least 4 members (excludes halogenated alkanes) is 8. The second kappa shape index (κ2) is 59.3. The van der Waals surface area contributed by atoms with Crippen LogP contribution in [0, 0.1) is 17.8 Å². The molecule has 0 aromatic carbocycles. The van der Waals surface area contributed by atoms with Crippen LogP contribution in [-0.4, -0.2) is 347 Å². The summed E-state index contributed by atoms with van der Waals surface area (Å²) in [5.74, 6) is -4.10. The lowest BCUT2D eigenvalue weighted by Crippen LogP contribution is -2.59. The molecule has 0 bridgehead atoms. The molecule has 5 saturated heterocycles. The summed E-state index contributed by atoms with van der Waals surface area (Å²) in [6.07, 6.45) is -8.56. The number of rotatable bonds is 65. The summed E-state index contributed by atoms with van der Waals surface area (Å²) >= 11 is 0. The molecule has 0 saturated carbocycles. The van der Waals surface area contributed by atoms with Crippen LogP contribution >= 0.6 is 15.6 Å². The number of Topliss-reactive ketones (excluding diaryl/α,β-unsaturated/α-hetero) is 5. The van der Waals surface area contributed by atoms with E-state index in [0.29, 0.717) is 116 Å². The van der Waals surface area contributed by atoms with E-state index in [9.17, 15) is 108 Å². The van der Waals surface area contributed by atoms with Gasteiger partial charge in [-0.05, 0) is 90.4 Å². The Balaban J connectivity index is 0.0000153. The normalized spacial score (nSPS) is 28.9. The molecule has 704 valence electrons. The van der Waals surface area contributed by atoms with Crippen LogP contribution in [0.3, 0.4) is 0 Å². The molecular formula is C79H141N3O37P2. The summed E-state index contributed by atoms with van der Waals surface area (Å²) in [5, 5.41) is 113. The monoisotopic (exact) mass is 1790 g/mol. The number of carbonyl (C=O) groups is 8. The molecule has 0 aliphatic carbocycles. The average Bonchev–Trinajstić information content (AvgIpc) is 1.40. The molecule has 22 atom stereocenters. The minimum atomic E-state index is -4.98. The molecule has 0 radical (unpaired) electrons. The SMILES string of the molecule is CO.COP(=O)(O)O[C@H]1C[C@H](C)O[C@@H]1COP(=O)(O)O[C@@H]1C[C@@H](CO)N(C(=O)CC(=O)NC(COCCC(=O)CCCCCC(=O)CCCCO[C@@H]2OC(CO)[C@H](O)[C@H](O)C2C)(COCCC(=O)CCCCCC(=O)CCCCO[C@@H]2OC(CO)[C@H](O)[C@H](O)C2C)COCCC(=O)NCCCCC(=O)CCCCO[C@@H]2OC(CO)[C@H](O)[C@H](O)C2C)C1. The van der Waals surface area contributed by atoms with Crippen molar-refractivity contribution in [1.82, 2.24) is 15.5 Å². The third kappa shape index (κ3) is 41.0. The quantitative estimate of drug-likeness (QED) is 0.0232. The number of amides is 3. The van der Waals surface area contributed by atoms with Gasteiger partial charge < -0.3 is 129 Å². The van der Waals surface area contributed by atoms with E-state index in [1.54, 1.807) is 27.7 Å². The van der Waals surface area contributed by atoms with E-state index in [-0.39, 0.29) is 133 Å². The standard InChI is InChI=1S/C78H137N3O36P2.CH4O/c1-50-38-61(117-118(100,101)104-5)65(112-50)46-111-119(102,103)116-60-39-54(42-82)81(41-60)68(93)40-67(92)80-78(47-105-35-28-58(89)22-10-6-8-20-55(86)25-13-17-32-108-75-51(2)69(94)72(97)62(43-83)113-75,48-106-36-29-59(90)23-11-7-9-21-56(87)26-14-18-33-109-76-52(3)70(95)73(98)63(44-84)114-76)49-107-37-30-66(91)79-31-16-12-24-57(88)27-15-19-34-110-77-53(4)71(96)74(99)64(45-85)115-77;1-2/h50-54,60-65,69-77,82-85,94-99H,6-49H2,1-5H3,(H,79,91)(H,80,92)(H,100,101)(H,102,103);2H,1H3/t50-,51?,52?,53?,54-,60+,61-,62?,63?,64?,65+,69+,70+,71+,72-,73-,74-,75+,76+,77+,78?;/m0./s1. The smallest absolute Gasteiger partial charge is 0.400 e. The maximum absolute atomic E-state index is 14.4. The first-order valence-corrected chi connectivity index (χ1v) is 45.5. The van der Waals surface area contributed by atoms with Gasteiger partial charge in [-0.15, -0.1) is 0 Å². The van der Waals surface area contributed by atoms with E-state index in [1.165, 1.54) is 0 Å².